The third kappa shape index (κ3) is 4.47. The van der Waals surface area contributed by atoms with Gasteiger partial charge in [0, 0.05) is 18.8 Å². The second kappa shape index (κ2) is 6.80. The van der Waals surface area contributed by atoms with Gasteiger partial charge in [0.1, 0.15) is 16.8 Å². The van der Waals surface area contributed by atoms with Crippen LogP contribution in [0.2, 0.25) is 5.15 Å². The molecule has 1 aromatic rings. The van der Waals surface area contributed by atoms with E-state index in [0.29, 0.717) is 12.2 Å². The van der Waals surface area contributed by atoms with Gasteiger partial charge in [-0.25, -0.2) is 19.6 Å². The molecule has 1 aromatic heterocycles. The van der Waals surface area contributed by atoms with Crippen LogP contribution in [0.1, 0.15) is 26.5 Å². The van der Waals surface area contributed by atoms with Crippen LogP contribution in [0.5, 0.6) is 0 Å². The number of ether oxygens (including phenoxy) is 1. The van der Waals surface area contributed by atoms with E-state index in [-0.39, 0.29) is 24.2 Å². The Morgan fingerprint density at radius 3 is 2.54 bits per heavy atom. The number of hydrogen-bond donors (Lipinski definition) is 1. The molecule has 0 aromatic carbocycles. The zero-order valence-electron chi connectivity index (χ0n) is 14.1. The van der Waals surface area contributed by atoms with Gasteiger partial charge in [0.15, 0.2) is 0 Å². The third-order valence-electron chi connectivity index (χ3n) is 3.39. The van der Waals surface area contributed by atoms with E-state index in [1.54, 1.807) is 38.7 Å². The Morgan fingerprint density at radius 1 is 1.33 bits per heavy atom. The van der Waals surface area contributed by atoms with Crippen molar-refractivity contribution in [2.75, 3.05) is 24.5 Å². The maximum Gasteiger partial charge on any atom is 0.410 e. The van der Waals surface area contributed by atoms with E-state index in [9.17, 15) is 14.7 Å². The number of carboxylic acid groups (broad SMARTS) is 1. The van der Waals surface area contributed by atoms with Gasteiger partial charge in [-0.3, -0.25) is 0 Å². The summed E-state index contributed by atoms with van der Waals surface area (Å²) in [6.07, 6.45) is -0.531. The van der Waals surface area contributed by atoms with Crippen LogP contribution in [0.15, 0.2) is 6.07 Å². The minimum absolute atomic E-state index is 0.0147. The topological polar surface area (TPSA) is 95.9 Å². The smallest absolute Gasteiger partial charge is 0.410 e. The van der Waals surface area contributed by atoms with Crippen molar-refractivity contribution in [1.82, 2.24) is 14.9 Å². The molecule has 8 nitrogen and oxygen atoms in total. The number of carboxylic acids is 1. The summed E-state index contributed by atoms with van der Waals surface area (Å²) in [6.45, 7) is 7.61. The van der Waals surface area contributed by atoms with Gasteiger partial charge in [-0.2, -0.15) is 0 Å². The monoisotopic (exact) mass is 356 g/mol. The summed E-state index contributed by atoms with van der Waals surface area (Å²) >= 11 is 5.94. The van der Waals surface area contributed by atoms with Crippen molar-refractivity contribution < 1.29 is 19.4 Å². The molecule has 1 aliphatic rings. The lowest BCUT2D eigenvalue weighted by molar-refractivity contribution is -0.139. The first-order valence-electron chi connectivity index (χ1n) is 7.55. The van der Waals surface area contributed by atoms with Crippen LogP contribution in [0, 0.1) is 6.92 Å². The van der Waals surface area contributed by atoms with Crippen LogP contribution < -0.4 is 4.90 Å². The van der Waals surface area contributed by atoms with Crippen molar-refractivity contribution in [1.29, 1.82) is 0 Å². The van der Waals surface area contributed by atoms with E-state index in [1.165, 1.54) is 4.90 Å². The van der Waals surface area contributed by atoms with Crippen LogP contribution in [-0.2, 0) is 9.53 Å². The van der Waals surface area contributed by atoms with Crippen molar-refractivity contribution in [3.8, 4) is 0 Å². The first-order chi connectivity index (χ1) is 11.1. The van der Waals surface area contributed by atoms with Crippen molar-refractivity contribution in [3.05, 3.63) is 16.9 Å². The second-order valence-electron chi connectivity index (χ2n) is 6.61. The molecule has 0 radical (unpaired) electrons. The van der Waals surface area contributed by atoms with E-state index < -0.39 is 23.7 Å². The SMILES string of the molecule is Cc1cc(Cl)nc(N2CCN(C(=O)OC(C)(C)C)C[C@H]2C(=O)O)n1. The minimum Gasteiger partial charge on any atom is -0.480 e. The van der Waals surface area contributed by atoms with Crippen molar-refractivity contribution in [2.24, 2.45) is 0 Å². The summed E-state index contributed by atoms with van der Waals surface area (Å²) in [5, 5.41) is 9.78. The Hall–Kier alpha value is -2.09. The number of amides is 1. The molecular weight excluding hydrogens is 336 g/mol. The maximum atomic E-state index is 12.2. The van der Waals surface area contributed by atoms with Crippen LogP contribution in [0.3, 0.4) is 0 Å². The number of carbonyl (C=O) groups is 2. The Labute approximate surface area is 145 Å². The predicted octanol–water partition coefficient (Wildman–Crippen LogP) is 1.95. The largest absolute Gasteiger partial charge is 0.480 e. The van der Waals surface area contributed by atoms with E-state index >= 15 is 0 Å². The highest BCUT2D eigenvalue weighted by Crippen LogP contribution is 2.21. The molecule has 1 atom stereocenters. The molecule has 0 unspecified atom stereocenters. The van der Waals surface area contributed by atoms with Crippen LogP contribution >= 0.6 is 11.6 Å². The number of aromatic nitrogens is 2. The second-order valence-corrected chi connectivity index (χ2v) is 6.99. The molecule has 1 N–H and O–H groups in total. The van der Waals surface area contributed by atoms with Crippen molar-refractivity contribution in [2.45, 2.75) is 39.3 Å². The standard InChI is InChI=1S/C15H21ClN4O4/c1-9-7-11(16)18-13(17-9)20-6-5-19(8-10(20)12(21)22)14(23)24-15(2,3)4/h7,10H,5-6,8H2,1-4H3,(H,21,22)/t10-/m0/s1. The fourth-order valence-electron chi connectivity index (χ4n) is 2.37. The maximum absolute atomic E-state index is 12.2. The summed E-state index contributed by atoms with van der Waals surface area (Å²) in [4.78, 5) is 35.1. The summed E-state index contributed by atoms with van der Waals surface area (Å²) < 4.78 is 5.31. The number of hydrogen-bond acceptors (Lipinski definition) is 6. The van der Waals surface area contributed by atoms with Crippen LogP contribution in [0.4, 0.5) is 10.7 Å². The normalized spacial score (nSPS) is 18.5. The summed E-state index contributed by atoms with van der Waals surface area (Å²) in [6, 6.07) is 0.627. The summed E-state index contributed by atoms with van der Waals surface area (Å²) in [5.41, 5.74) is 0.00355. The van der Waals surface area contributed by atoms with E-state index in [2.05, 4.69) is 9.97 Å². The lowest BCUT2D eigenvalue weighted by Crippen LogP contribution is -2.59. The molecule has 0 saturated carbocycles. The highest BCUT2D eigenvalue weighted by atomic mass is 35.5. The molecule has 0 aliphatic carbocycles. The van der Waals surface area contributed by atoms with Crippen molar-refractivity contribution in [3.63, 3.8) is 0 Å². The number of aryl methyl sites for hydroxylation is 1. The number of rotatable bonds is 2. The molecule has 1 saturated heterocycles. The van der Waals surface area contributed by atoms with Gasteiger partial charge < -0.3 is 19.6 Å². The number of carbonyl (C=O) groups excluding carboxylic acids is 1. The number of halogens is 1. The average Bonchev–Trinajstić information content (AvgIpc) is 2.43. The van der Waals surface area contributed by atoms with Crippen LogP contribution in [-0.4, -0.2) is 63.3 Å². The average molecular weight is 357 g/mol. The molecule has 1 fully saturated rings. The Bertz CT molecular complexity index is 627. The quantitative estimate of drug-likeness (QED) is 0.809. The number of nitrogens with zero attached hydrogens (tertiary/aromatic N) is 4. The lowest BCUT2D eigenvalue weighted by Gasteiger charge is -2.39. The van der Waals surface area contributed by atoms with Gasteiger partial charge in [0.2, 0.25) is 5.95 Å². The highest BCUT2D eigenvalue weighted by molar-refractivity contribution is 6.29. The van der Waals surface area contributed by atoms with Gasteiger partial charge >= 0.3 is 12.1 Å². The molecule has 2 rings (SSSR count). The lowest BCUT2D eigenvalue weighted by atomic mass is 10.1. The molecule has 0 spiro atoms. The molecule has 24 heavy (non-hydrogen) atoms. The van der Waals surface area contributed by atoms with Gasteiger partial charge in [0.25, 0.3) is 0 Å². The minimum atomic E-state index is -1.07. The third-order valence-corrected chi connectivity index (χ3v) is 3.58. The Balaban J connectivity index is 2.20. The molecule has 132 valence electrons. The predicted molar refractivity (Wildman–Crippen MR) is 88.4 cm³/mol. The number of piperazine rings is 1. The van der Waals surface area contributed by atoms with Crippen molar-refractivity contribution >= 4 is 29.6 Å². The van der Waals surface area contributed by atoms with Gasteiger partial charge in [-0.05, 0) is 33.8 Å². The van der Waals surface area contributed by atoms with E-state index in [1.807, 2.05) is 0 Å². The summed E-state index contributed by atoms with van der Waals surface area (Å²) in [5.74, 6) is -0.819. The van der Waals surface area contributed by atoms with Gasteiger partial charge in [0.05, 0.1) is 6.54 Å². The fraction of sp³-hybridized carbons (Fsp3) is 0.600. The number of aliphatic carboxylic acids is 1. The van der Waals surface area contributed by atoms with Crippen LogP contribution in [0.25, 0.3) is 0 Å². The Kier molecular flexibility index (Phi) is 5.17. The Morgan fingerprint density at radius 2 is 2.00 bits per heavy atom. The first kappa shape index (κ1) is 18.3. The zero-order valence-corrected chi connectivity index (χ0v) is 14.9. The van der Waals surface area contributed by atoms with E-state index in [0.717, 1.165) is 0 Å². The molecule has 1 aliphatic heterocycles. The molecule has 1 amide bonds. The zero-order chi connectivity index (χ0) is 18.1. The highest BCUT2D eigenvalue weighted by Gasteiger charge is 2.37. The molecule has 2 heterocycles. The molecular formula is C15H21ClN4O4. The number of anilines is 1. The van der Waals surface area contributed by atoms with Gasteiger partial charge in [-0.15, -0.1) is 0 Å². The van der Waals surface area contributed by atoms with E-state index in [4.69, 9.17) is 16.3 Å². The fourth-order valence-corrected chi connectivity index (χ4v) is 2.60. The molecule has 9 heteroatoms. The molecule has 0 bridgehead atoms. The first-order valence-corrected chi connectivity index (χ1v) is 7.93. The van der Waals surface area contributed by atoms with Gasteiger partial charge in [-0.1, -0.05) is 11.6 Å². The summed E-state index contributed by atoms with van der Waals surface area (Å²) in [7, 11) is 0.